The molecule has 0 saturated heterocycles. The lowest BCUT2D eigenvalue weighted by molar-refractivity contribution is -0.443. The zero-order valence-corrected chi connectivity index (χ0v) is 8.73. The Morgan fingerprint density at radius 3 is 2.80 bits per heavy atom. The second-order valence-corrected chi connectivity index (χ2v) is 3.26. The van der Waals surface area contributed by atoms with Crippen LogP contribution in [0.3, 0.4) is 0 Å². The average Bonchev–Trinajstić information content (AvgIpc) is 2.25. The number of carbonyl (C=O) groups is 1. The molecule has 0 spiro atoms. The molecule has 3 N–H and O–H groups in total. The molecule has 0 unspecified atom stereocenters. The first kappa shape index (κ1) is 11.5. The second-order valence-electron chi connectivity index (χ2n) is 3.26. The fourth-order valence-electron chi connectivity index (χ4n) is 1.24. The number of carboxylic acid groups (broad SMARTS) is 1. The van der Waals surface area contributed by atoms with E-state index in [0.717, 1.165) is 6.42 Å². The molecule has 0 aromatic heterocycles. The molecule has 0 aliphatic rings. The van der Waals surface area contributed by atoms with Crippen LogP contribution in [-0.2, 0) is 4.79 Å². The van der Waals surface area contributed by atoms with Crippen molar-refractivity contribution in [1.82, 2.24) is 0 Å². The second kappa shape index (κ2) is 5.36. The van der Waals surface area contributed by atoms with Crippen molar-refractivity contribution in [1.29, 1.82) is 0 Å². The first-order chi connectivity index (χ1) is 7.16. The number of rotatable bonds is 5. The molecule has 0 saturated carbocycles. The lowest BCUT2D eigenvalue weighted by Crippen LogP contribution is -2.61. The Morgan fingerprint density at radius 1 is 1.53 bits per heavy atom. The number of hydrogen-bond donors (Lipinski definition) is 1. The maximum Gasteiger partial charge on any atom is 0.154 e. The molecule has 0 bridgehead atoms. The van der Waals surface area contributed by atoms with Gasteiger partial charge in [0.2, 0.25) is 0 Å². The van der Waals surface area contributed by atoms with E-state index >= 15 is 0 Å². The van der Waals surface area contributed by atoms with Crippen molar-refractivity contribution in [2.75, 3.05) is 6.61 Å². The van der Waals surface area contributed by atoms with Crippen molar-refractivity contribution in [2.24, 2.45) is 0 Å². The minimum Gasteiger partial charge on any atom is -0.544 e. The minimum absolute atomic E-state index is 0.561. The van der Waals surface area contributed by atoms with Gasteiger partial charge in [-0.15, -0.1) is 0 Å². The van der Waals surface area contributed by atoms with Gasteiger partial charge in [0.05, 0.1) is 12.2 Å². The SMILES string of the molecule is CCCOc1ccccc1[C@H]([NH3+])C(=O)[O-]. The number of carbonyl (C=O) groups excluding carboxylic acids is 1. The zero-order valence-electron chi connectivity index (χ0n) is 8.73. The van der Waals surface area contributed by atoms with Crippen molar-refractivity contribution in [3.05, 3.63) is 29.8 Å². The van der Waals surface area contributed by atoms with E-state index in [4.69, 9.17) is 4.74 Å². The van der Waals surface area contributed by atoms with Crippen LogP contribution >= 0.6 is 0 Å². The van der Waals surface area contributed by atoms with Gasteiger partial charge in [0.15, 0.2) is 6.04 Å². The highest BCUT2D eigenvalue weighted by Crippen LogP contribution is 2.22. The van der Waals surface area contributed by atoms with Gasteiger partial charge in [-0.3, -0.25) is 0 Å². The molecule has 4 nitrogen and oxygen atoms in total. The topological polar surface area (TPSA) is 77.0 Å². The smallest absolute Gasteiger partial charge is 0.154 e. The predicted molar refractivity (Wildman–Crippen MR) is 52.9 cm³/mol. The number of benzene rings is 1. The number of aliphatic carboxylic acids is 1. The molecule has 1 aromatic rings. The molecule has 1 aromatic carbocycles. The molecule has 15 heavy (non-hydrogen) atoms. The van der Waals surface area contributed by atoms with E-state index in [1.807, 2.05) is 6.92 Å². The van der Waals surface area contributed by atoms with Crippen molar-refractivity contribution in [3.8, 4) is 5.75 Å². The molecule has 4 heteroatoms. The highest BCUT2D eigenvalue weighted by Gasteiger charge is 2.15. The van der Waals surface area contributed by atoms with Crippen LogP contribution in [0.15, 0.2) is 24.3 Å². The van der Waals surface area contributed by atoms with Gasteiger partial charge in [-0.05, 0) is 18.6 Å². The predicted octanol–water partition coefficient (Wildman–Crippen LogP) is -0.492. The summed E-state index contributed by atoms with van der Waals surface area (Å²) >= 11 is 0. The maximum absolute atomic E-state index is 10.7. The molecule has 0 aliphatic heterocycles. The Balaban J connectivity index is 2.90. The third kappa shape index (κ3) is 2.95. The van der Waals surface area contributed by atoms with Gasteiger partial charge in [0, 0.05) is 0 Å². The van der Waals surface area contributed by atoms with E-state index < -0.39 is 12.0 Å². The molecule has 0 fully saturated rings. The van der Waals surface area contributed by atoms with E-state index in [1.54, 1.807) is 24.3 Å². The molecular weight excluding hydrogens is 194 g/mol. The van der Waals surface area contributed by atoms with Crippen LogP contribution in [0.25, 0.3) is 0 Å². The average molecular weight is 209 g/mol. The standard InChI is InChI=1S/C11H15NO3/c1-2-7-15-9-6-4-3-5-8(9)10(12)11(13)14/h3-6,10H,2,7,12H2,1H3,(H,13,14)/t10-/m0/s1. The van der Waals surface area contributed by atoms with Crippen LogP contribution in [0.5, 0.6) is 5.75 Å². The molecule has 1 atom stereocenters. The molecule has 82 valence electrons. The molecule has 0 amide bonds. The van der Waals surface area contributed by atoms with Crippen molar-refractivity contribution < 1.29 is 20.4 Å². The summed E-state index contributed by atoms with van der Waals surface area (Å²) in [7, 11) is 0. The largest absolute Gasteiger partial charge is 0.544 e. The number of ether oxygens (including phenoxy) is 1. The fourth-order valence-corrected chi connectivity index (χ4v) is 1.24. The Hall–Kier alpha value is -1.55. The summed E-state index contributed by atoms with van der Waals surface area (Å²) in [5, 5.41) is 10.7. The van der Waals surface area contributed by atoms with Crippen LogP contribution in [0, 0.1) is 0 Å². The highest BCUT2D eigenvalue weighted by atomic mass is 16.5. The number of hydrogen-bond acceptors (Lipinski definition) is 3. The lowest BCUT2D eigenvalue weighted by Gasteiger charge is -2.14. The van der Waals surface area contributed by atoms with Gasteiger partial charge in [0.25, 0.3) is 0 Å². The normalized spacial score (nSPS) is 12.1. The Morgan fingerprint density at radius 2 is 2.20 bits per heavy atom. The first-order valence-corrected chi connectivity index (χ1v) is 4.92. The van der Waals surface area contributed by atoms with Crippen molar-refractivity contribution in [3.63, 3.8) is 0 Å². The third-order valence-electron chi connectivity index (χ3n) is 2.04. The van der Waals surface area contributed by atoms with E-state index in [1.165, 1.54) is 0 Å². The van der Waals surface area contributed by atoms with Crippen LogP contribution in [0.4, 0.5) is 0 Å². The van der Waals surface area contributed by atoms with Crippen LogP contribution < -0.4 is 15.6 Å². The molecular formula is C11H15NO3. The van der Waals surface area contributed by atoms with Crippen LogP contribution in [-0.4, -0.2) is 12.6 Å². The molecule has 0 aliphatic carbocycles. The summed E-state index contributed by atoms with van der Waals surface area (Å²) < 4.78 is 5.43. The summed E-state index contributed by atoms with van der Waals surface area (Å²) in [6.45, 7) is 2.56. The summed E-state index contributed by atoms with van der Waals surface area (Å²) in [6.07, 6.45) is 0.876. The first-order valence-electron chi connectivity index (χ1n) is 4.92. The number of para-hydroxylation sites is 1. The fraction of sp³-hybridized carbons (Fsp3) is 0.364. The highest BCUT2D eigenvalue weighted by molar-refractivity contribution is 5.72. The number of carboxylic acids is 1. The zero-order chi connectivity index (χ0) is 11.3. The Kier molecular flexibility index (Phi) is 4.12. The molecule has 0 heterocycles. The van der Waals surface area contributed by atoms with E-state index in [-0.39, 0.29) is 0 Å². The van der Waals surface area contributed by atoms with E-state index in [0.29, 0.717) is 17.9 Å². The summed E-state index contributed by atoms with van der Waals surface area (Å²) in [4.78, 5) is 10.7. The third-order valence-corrected chi connectivity index (χ3v) is 2.04. The van der Waals surface area contributed by atoms with Gasteiger partial charge < -0.3 is 20.4 Å². The minimum atomic E-state index is -1.19. The van der Waals surface area contributed by atoms with Crippen molar-refractivity contribution >= 4 is 5.97 Å². The molecule has 1 rings (SSSR count). The summed E-state index contributed by atoms with van der Waals surface area (Å²) in [5.41, 5.74) is 4.10. The Bertz CT molecular complexity index is 338. The summed E-state index contributed by atoms with van der Waals surface area (Å²) in [5.74, 6) is -0.619. The molecule has 0 radical (unpaired) electrons. The van der Waals surface area contributed by atoms with Gasteiger partial charge >= 0.3 is 0 Å². The monoisotopic (exact) mass is 209 g/mol. The van der Waals surface area contributed by atoms with E-state index in [9.17, 15) is 9.90 Å². The van der Waals surface area contributed by atoms with Gasteiger partial charge in [-0.1, -0.05) is 19.1 Å². The quantitative estimate of drug-likeness (QED) is 0.710. The van der Waals surface area contributed by atoms with Crippen molar-refractivity contribution in [2.45, 2.75) is 19.4 Å². The lowest BCUT2D eigenvalue weighted by atomic mass is 10.1. The van der Waals surface area contributed by atoms with E-state index in [2.05, 4.69) is 5.73 Å². The van der Waals surface area contributed by atoms with Crippen LogP contribution in [0.1, 0.15) is 24.9 Å². The number of quaternary nitrogens is 1. The van der Waals surface area contributed by atoms with Gasteiger partial charge in [-0.2, -0.15) is 0 Å². The maximum atomic E-state index is 10.7. The van der Waals surface area contributed by atoms with Gasteiger partial charge in [0.1, 0.15) is 11.7 Å². The summed E-state index contributed by atoms with van der Waals surface area (Å²) in [6, 6.07) is 6.11. The Labute approximate surface area is 88.7 Å². The van der Waals surface area contributed by atoms with Gasteiger partial charge in [-0.25, -0.2) is 0 Å². The van der Waals surface area contributed by atoms with Crippen LogP contribution in [0.2, 0.25) is 0 Å².